The Balaban J connectivity index is 1.49. The molecule has 2 aromatic carbocycles. The molecule has 8 heteroatoms. The predicted molar refractivity (Wildman–Crippen MR) is 105 cm³/mol. The van der Waals surface area contributed by atoms with Crippen molar-refractivity contribution < 1.29 is 9.72 Å². The van der Waals surface area contributed by atoms with Crippen LogP contribution in [0.25, 0.3) is 10.9 Å². The third kappa shape index (κ3) is 3.33. The smallest absolute Gasteiger partial charge is 0.294 e. The van der Waals surface area contributed by atoms with Gasteiger partial charge >= 0.3 is 0 Å². The number of aromatic nitrogens is 1. The normalized spacial score (nSPS) is 14.6. The van der Waals surface area contributed by atoms with Crippen molar-refractivity contribution in [3.8, 4) is 0 Å². The van der Waals surface area contributed by atoms with Crippen molar-refractivity contribution in [2.24, 2.45) is 0 Å². The molecule has 27 heavy (non-hydrogen) atoms. The molecule has 0 bridgehead atoms. The Morgan fingerprint density at radius 3 is 2.52 bits per heavy atom. The summed E-state index contributed by atoms with van der Waals surface area (Å²) in [5.41, 5.74) is 2.00. The molecule has 1 aliphatic rings. The Hall–Kier alpha value is -3.06. The SMILES string of the molecule is O=C(c1cc2ccccc2[nH]1)N1CCN(c2ccc(Cl)cc2[N+](=O)[O-])CC1. The zero-order chi connectivity index (χ0) is 19.0. The highest BCUT2D eigenvalue weighted by molar-refractivity contribution is 6.30. The first-order valence-electron chi connectivity index (χ1n) is 8.59. The number of nitrogens with one attached hydrogen (secondary N) is 1. The molecule has 0 atom stereocenters. The minimum atomic E-state index is -0.427. The summed E-state index contributed by atoms with van der Waals surface area (Å²) in [6, 6.07) is 14.3. The number of H-pyrrole nitrogens is 1. The molecule has 0 saturated carbocycles. The summed E-state index contributed by atoms with van der Waals surface area (Å²) in [5, 5.41) is 12.6. The second kappa shape index (κ2) is 6.92. The average Bonchev–Trinajstić information content (AvgIpc) is 3.11. The lowest BCUT2D eigenvalue weighted by molar-refractivity contribution is -0.384. The van der Waals surface area contributed by atoms with Gasteiger partial charge in [0.15, 0.2) is 0 Å². The van der Waals surface area contributed by atoms with Crippen LogP contribution in [-0.2, 0) is 0 Å². The molecule has 0 unspecified atom stereocenters. The van der Waals surface area contributed by atoms with Crippen molar-refractivity contribution in [1.82, 2.24) is 9.88 Å². The van der Waals surface area contributed by atoms with Gasteiger partial charge in [0.05, 0.1) is 4.92 Å². The van der Waals surface area contributed by atoms with E-state index in [0.717, 1.165) is 10.9 Å². The van der Waals surface area contributed by atoms with Gasteiger partial charge in [-0.3, -0.25) is 14.9 Å². The van der Waals surface area contributed by atoms with E-state index in [0.29, 0.717) is 42.6 Å². The van der Waals surface area contributed by atoms with Crippen LogP contribution in [0.15, 0.2) is 48.5 Å². The van der Waals surface area contributed by atoms with Crippen LogP contribution in [0, 0.1) is 10.1 Å². The lowest BCUT2D eigenvalue weighted by atomic mass is 10.2. The molecule has 2 heterocycles. The van der Waals surface area contributed by atoms with E-state index >= 15 is 0 Å². The second-order valence-electron chi connectivity index (χ2n) is 6.44. The van der Waals surface area contributed by atoms with Crippen LogP contribution in [-0.4, -0.2) is 46.9 Å². The summed E-state index contributed by atoms with van der Waals surface area (Å²) >= 11 is 5.89. The van der Waals surface area contributed by atoms with Crippen LogP contribution >= 0.6 is 11.6 Å². The molecular weight excluding hydrogens is 368 g/mol. The van der Waals surface area contributed by atoms with Crippen molar-refractivity contribution in [3.63, 3.8) is 0 Å². The fourth-order valence-corrected chi connectivity index (χ4v) is 3.59. The van der Waals surface area contributed by atoms with Crippen LogP contribution in [0.5, 0.6) is 0 Å². The van der Waals surface area contributed by atoms with Gasteiger partial charge in [-0.15, -0.1) is 0 Å². The number of hydrogen-bond acceptors (Lipinski definition) is 4. The standard InChI is InChI=1S/C19H17ClN4O3/c20-14-5-6-17(18(12-14)24(26)27)22-7-9-23(10-8-22)19(25)16-11-13-3-1-2-4-15(13)21-16/h1-6,11-12,21H,7-10H2. The third-order valence-electron chi connectivity index (χ3n) is 4.80. The topological polar surface area (TPSA) is 82.5 Å². The molecule has 7 nitrogen and oxygen atoms in total. The quantitative estimate of drug-likeness (QED) is 0.551. The Labute approximate surface area is 160 Å². The number of fused-ring (bicyclic) bond motifs is 1. The number of carbonyl (C=O) groups is 1. The highest BCUT2D eigenvalue weighted by Gasteiger charge is 2.27. The summed E-state index contributed by atoms with van der Waals surface area (Å²) in [6.45, 7) is 2.03. The van der Waals surface area contributed by atoms with Crippen LogP contribution in [0.1, 0.15) is 10.5 Å². The number of amides is 1. The fraction of sp³-hybridized carbons (Fsp3) is 0.211. The number of benzene rings is 2. The second-order valence-corrected chi connectivity index (χ2v) is 6.88. The highest BCUT2D eigenvalue weighted by atomic mass is 35.5. The summed E-state index contributed by atoms with van der Waals surface area (Å²) in [4.78, 5) is 30.5. The van der Waals surface area contributed by atoms with Crippen LogP contribution < -0.4 is 4.90 Å². The van der Waals surface area contributed by atoms with Gasteiger partial charge in [-0.05, 0) is 24.3 Å². The number of nitrogens with zero attached hydrogens (tertiary/aromatic N) is 3. The third-order valence-corrected chi connectivity index (χ3v) is 5.04. The monoisotopic (exact) mass is 384 g/mol. The number of nitro benzene ring substituents is 1. The molecule has 1 aromatic heterocycles. The van der Waals surface area contributed by atoms with Gasteiger partial charge in [0.25, 0.3) is 11.6 Å². The molecule has 138 valence electrons. The van der Waals surface area contributed by atoms with E-state index in [2.05, 4.69) is 4.98 Å². The van der Waals surface area contributed by atoms with Crippen LogP contribution in [0.4, 0.5) is 11.4 Å². The first kappa shape index (κ1) is 17.4. The van der Waals surface area contributed by atoms with E-state index in [1.165, 1.54) is 6.07 Å². The molecule has 0 radical (unpaired) electrons. The van der Waals surface area contributed by atoms with Crippen molar-refractivity contribution in [3.05, 3.63) is 69.4 Å². The predicted octanol–water partition coefficient (Wildman–Crippen LogP) is 3.69. The zero-order valence-corrected chi connectivity index (χ0v) is 15.1. The fourth-order valence-electron chi connectivity index (χ4n) is 3.42. The molecule has 1 N–H and O–H groups in total. The number of halogens is 1. The van der Waals surface area contributed by atoms with Gasteiger partial charge in [0, 0.05) is 48.2 Å². The minimum Gasteiger partial charge on any atom is -0.362 e. The van der Waals surface area contributed by atoms with E-state index in [4.69, 9.17) is 11.6 Å². The van der Waals surface area contributed by atoms with E-state index in [-0.39, 0.29) is 11.6 Å². The molecule has 1 saturated heterocycles. The molecule has 1 aliphatic heterocycles. The number of rotatable bonds is 3. The summed E-state index contributed by atoms with van der Waals surface area (Å²) in [5.74, 6) is -0.0588. The van der Waals surface area contributed by atoms with Crippen molar-refractivity contribution in [2.75, 3.05) is 31.1 Å². The molecule has 0 spiro atoms. The molecule has 4 rings (SSSR count). The first-order valence-corrected chi connectivity index (χ1v) is 8.96. The molecule has 0 aliphatic carbocycles. The molecular formula is C19H17ClN4O3. The average molecular weight is 385 g/mol. The van der Waals surface area contributed by atoms with E-state index in [1.54, 1.807) is 17.0 Å². The van der Waals surface area contributed by atoms with Gasteiger partial charge in [-0.25, -0.2) is 0 Å². The largest absolute Gasteiger partial charge is 0.362 e. The zero-order valence-electron chi connectivity index (χ0n) is 14.4. The summed E-state index contributed by atoms with van der Waals surface area (Å²) < 4.78 is 0. The number of piperazine rings is 1. The maximum Gasteiger partial charge on any atom is 0.294 e. The maximum absolute atomic E-state index is 12.8. The number of carbonyl (C=O) groups excluding carboxylic acids is 1. The Morgan fingerprint density at radius 1 is 1.07 bits per heavy atom. The van der Waals surface area contributed by atoms with Crippen LogP contribution in [0.3, 0.4) is 0 Å². The lowest BCUT2D eigenvalue weighted by Crippen LogP contribution is -2.49. The Bertz CT molecular complexity index is 992. The number of hydrogen-bond donors (Lipinski definition) is 1. The Morgan fingerprint density at radius 2 is 1.81 bits per heavy atom. The molecule has 3 aromatic rings. The van der Waals surface area contributed by atoms with Gasteiger partial charge in [0.2, 0.25) is 0 Å². The van der Waals surface area contributed by atoms with Gasteiger partial charge in [0.1, 0.15) is 11.4 Å². The number of nitro groups is 1. The molecule has 1 amide bonds. The van der Waals surface area contributed by atoms with Crippen LogP contribution in [0.2, 0.25) is 5.02 Å². The minimum absolute atomic E-state index is 0.0158. The first-order chi connectivity index (χ1) is 13.0. The number of anilines is 1. The van der Waals surface area contributed by atoms with Crippen molar-refractivity contribution in [2.45, 2.75) is 0 Å². The van der Waals surface area contributed by atoms with Gasteiger partial charge in [-0.2, -0.15) is 0 Å². The van der Waals surface area contributed by atoms with Gasteiger partial charge in [-0.1, -0.05) is 29.8 Å². The lowest BCUT2D eigenvalue weighted by Gasteiger charge is -2.35. The van der Waals surface area contributed by atoms with E-state index < -0.39 is 4.92 Å². The van der Waals surface area contributed by atoms with Crippen molar-refractivity contribution in [1.29, 1.82) is 0 Å². The summed E-state index contributed by atoms with van der Waals surface area (Å²) in [6.07, 6.45) is 0. The maximum atomic E-state index is 12.8. The summed E-state index contributed by atoms with van der Waals surface area (Å²) in [7, 11) is 0. The number of aromatic amines is 1. The van der Waals surface area contributed by atoms with E-state index in [9.17, 15) is 14.9 Å². The van der Waals surface area contributed by atoms with Crippen molar-refractivity contribution >= 4 is 39.8 Å². The van der Waals surface area contributed by atoms with Gasteiger partial charge < -0.3 is 14.8 Å². The van der Waals surface area contributed by atoms with E-state index in [1.807, 2.05) is 35.2 Å². The number of para-hydroxylation sites is 1. The Kier molecular flexibility index (Phi) is 4.45. The molecule has 1 fully saturated rings. The highest BCUT2D eigenvalue weighted by Crippen LogP contribution is 2.31.